The molecule has 0 radical (unpaired) electrons. The number of hydrogen-bond acceptors (Lipinski definition) is 6. The number of nitrogens with zero attached hydrogens (tertiary/aromatic N) is 2. The van der Waals surface area contributed by atoms with Crippen LogP contribution >= 0.6 is 0 Å². The van der Waals surface area contributed by atoms with Crippen LogP contribution in [0.2, 0.25) is 0 Å². The first-order chi connectivity index (χ1) is 16.0. The van der Waals surface area contributed by atoms with E-state index in [4.69, 9.17) is 0 Å². The molecule has 0 saturated heterocycles. The van der Waals surface area contributed by atoms with Crippen LogP contribution in [0.4, 0.5) is 5.69 Å². The van der Waals surface area contributed by atoms with Gasteiger partial charge in [0.05, 0.1) is 23.7 Å². The fraction of sp³-hybridized carbons (Fsp3) is 0.333. The summed E-state index contributed by atoms with van der Waals surface area (Å²) in [5.41, 5.74) is 7.83. The van der Waals surface area contributed by atoms with Gasteiger partial charge in [0.25, 0.3) is 5.56 Å². The van der Waals surface area contributed by atoms with Crippen molar-refractivity contribution in [2.75, 3.05) is 12.0 Å². The number of hydrazine groups is 1. The second-order valence-corrected chi connectivity index (χ2v) is 7.90. The molecule has 1 aromatic carbocycles. The normalized spacial score (nSPS) is 11.7. The van der Waals surface area contributed by atoms with Crippen molar-refractivity contribution >= 4 is 28.9 Å². The van der Waals surface area contributed by atoms with Crippen LogP contribution in [0.3, 0.4) is 0 Å². The molecule has 0 fully saturated rings. The van der Waals surface area contributed by atoms with Crippen LogP contribution in [0.1, 0.15) is 43.7 Å². The molecule has 0 spiro atoms. The third-order valence-corrected chi connectivity index (χ3v) is 5.52. The van der Waals surface area contributed by atoms with Gasteiger partial charge in [0.2, 0.25) is 12.3 Å². The van der Waals surface area contributed by atoms with E-state index >= 15 is 0 Å². The van der Waals surface area contributed by atoms with Crippen molar-refractivity contribution in [3.63, 3.8) is 0 Å². The maximum absolute atomic E-state index is 12.8. The topological polar surface area (TPSA) is 127 Å². The number of benzene rings is 1. The average Bonchev–Trinajstić information content (AvgIpc) is 2.83. The quantitative estimate of drug-likeness (QED) is 0.145. The summed E-state index contributed by atoms with van der Waals surface area (Å²) in [7, 11) is 0. The minimum Gasteiger partial charge on any atom is -0.329 e. The van der Waals surface area contributed by atoms with E-state index in [0.717, 1.165) is 35.7 Å². The Morgan fingerprint density at radius 1 is 1.24 bits per heavy atom. The highest BCUT2D eigenvalue weighted by Gasteiger charge is 2.21. The number of unbranched alkanes of at least 4 members (excludes halogenated alkanes) is 2. The van der Waals surface area contributed by atoms with Crippen LogP contribution in [0.15, 0.2) is 53.6 Å². The van der Waals surface area contributed by atoms with Crippen molar-refractivity contribution in [1.29, 1.82) is 0 Å². The number of aromatic amines is 1. The van der Waals surface area contributed by atoms with E-state index in [2.05, 4.69) is 27.7 Å². The third kappa shape index (κ3) is 6.39. The summed E-state index contributed by atoms with van der Waals surface area (Å²) in [6, 6.07) is 11.3. The highest BCUT2D eigenvalue weighted by atomic mass is 16.5. The number of carbonyl (C=O) groups excluding carboxylic acids is 2. The Balaban J connectivity index is 1.77. The first-order valence-electron chi connectivity index (χ1n) is 11.0. The largest absolute Gasteiger partial charge is 0.329 e. The summed E-state index contributed by atoms with van der Waals surface area (Å²) in [6.45, 7) is 1.95. The van der Waals surface area contributed by atoms with Crippen molar-refractivity contribution in [2.45, 2.75) is 39.0 Å². The molecule has 2 amide bonds. The van der Waals surface area contributed by atoms with Crippen molar-refractivity contribution in [3.05, 3.63) is 70.3 Å². The van der Waals surface area contributed by atoms with E-state index in [0.29, 0.717) is 29.2 Å². The second-order valence-electron chi connectivity index (χ2n) is 7.90. The van der Waals surface area contributed by atoms with Gasteiger partial charge < -0.3 is 4.98 Å². The van der Waals surface area contributed by atoms with Crippen molar-refractivity contribution in [3.8, 4) is 0 Å². The number of hydrogen-bond donors (Lipinski definition) is 4. The molecule has 1 atom stereocenters. The molecule has 174 valence electrons. The van der Waals surface area contributed by atoms with E-state index in [-0.39, 0.29) is 24.4 Å². The number of fused-ring (bicyclic) bond motifs is 1. The van der Waals surface area contributed by atoms with Gasteiger partial charge in [-0.2, -0.15) is 0 Å². The molecule has 3 aromatic rings. The molecule has 9 nitrogen and oxygen atoms in total. The minimum absolute atomic E-state index is 0.107. The zero-order valence-corrected chi connectivity index (χ0v) is 18.6. The summed E-state index contributed by atoms with van der Waals surface area (Å²) in [6.07, 6.45) is 7.06. The summed E-state index contributed by atoms with van der Waals surface area (Å²) in [5, 5.41) is 11.0. The van der Waals surface area contributed by atoms with Gasteiger partial charge in [-0.1, -0.05) is 50.5 Å². The van der Waals surface area contributed by atoms with Gasteiger partial charge in [0.1, 0.15) is 0 Å². The Morgan fingerprint density at radius 3 is 2.85 bits per heavy atom. The molecule has 0 saturated carbocycles. The smallest absolute Gasteiger partial charge is 0.253 e. The highest BCUT2D eigenvalue weighted by Crippen LogP contribution is 2.21. The maximum atomic E-state index is 12.8. The first-order valence-corrected chi connectivity index (χ1v) is 11.0. The number of carbonyl (C=O) groups is 2. The van der Waals surface area contributed by atoms with E-state index in [1.165, 1.54) is 6.20 Å². The third-order valence-electron chi connectivity index (χ3n) is 5.52. The Morgan fingerprint density at radius 2 is 2.06 bits per heavy atom. The average molecular weight is 452 g/mol. The van der Waals surface area contributed by atoms with Gasteiger partial charge in [-0.3, -0.25) is 35.4 Å². The summed E-state index contributed by atoms with van der Waals surface area (Å²) in [5.74, 6) is -0.961. The number of pyridine rings is 2. The molecule has 0 aliphatic rings. The van der Waals surface area contributed by atoms with E-state index < -0.39 is 5.92 Å². The summed E-state index contributed by atoms with van der Waals surface area (Å²) in [4.78, 5) is 43.3. The van der Waals surface area contributed by atoms with Crippen LogP contribution in [0.5, 0.6) is 0 Å². The Kier molecular flexibility index (Phi) is 8.54. The van der Waals surface area contributed by atoms with Gasteiger partial charge in [0.15, 0.2) is 0 Å². The molecule has 4 N–H and O–H groups in total. The van der Waals surface area contributed by atoms with Gasteiger partial charge >= 0.3 is 0 Å². The van der Waals surface area contributed by atoms with Crippen molar-refractivity contribution in [2.24, 2.45) is 5.92 Å². The monoisotopic (exact) mass is 451 g/mol. The highest BCUT2D eigenvalue weighted by molar-refractivity contribution is 5.82. The molecule has 0 bridgehead atoms. The van der Waals surface area contributed by atoms with Crippen LogP contribution in [-0.4, -0.2) is 39.1 Å². The van der Waals surface area contributed by atoms with Crippen LogP contribution in [0.25, 0.3) is 10.9 Å². The van der Waals surface area contributed by atoms with Crippen molar-refractivity contribution in [1.82, 2.24) is 20.5 Å². The lowest BCUT2D eigenvalue weighted by Gasteiger charge is -2.20. The Hall–Kier alpha value is -3.72. The predicted octanol–water partition coefficient (Wildman–Crippen LogP) is 3.00. The van der Waals surface area contributed by atoms with Crippen LogP contribution < -0.4 is 16.4 Å². The Labute approximate surface area is 191 Å². The SMILES string of the molecule is CCCCC[C@H](CN(O)C=O)C(=O)NNc1cc[nH]c(=O)c1Cc1cccc2cccnc12. The minimum atomic E-state index is -0.591. The van der Waals surface area contributed by atoms with Gasteiger partial charge in [0, 0.05) is 29.8 Å². The summed E-state index contributed by atoms with van der Waals surface area (Å²) < 4.78 is 0. The molecule has 2 aromatic heterocycles. The molecule has 0 unspecified atom stereocenters. The van der Waals surface area contributed by atoms with Gasteiger partial charge in [-0.05, 0) is 24.1 Å². The molecule has 33 heavy (non-hydrogen) atoms. The van der Waals surface area contributed by atoms with Crippen LogP contribution in [-0.2, 0) is 16.0 Å². The number of anilines is 1. The number of amides is 2. The second kappa shape index (κ2) is 11.8. The maximum Gasteiger partial charge on any atom is 0.253 e. The van der Waals surface area contributed by atoms with Gasteiger partial charge in [-0.15, -0.1) is 0 Å². The Bertz CT molecular complexity index is 1140. The van der Waals surface area contributed by atoms with Gasteiger partial charge in [-0.25, -0.2) is 5.06 Å². The fourth-order valence-corrected chi connectivity index (χ4v) is 3.75. The lowest BCUT2D eigenvalue weighted by atomic mass is 10.0. The number of rotatable bonds is 12. The lowest BCUT2D eigenvalue weighted by molar-refractivity contribution is -0.154. The van der Waals surface area contributed by atoms with Crippen LogP contribution in [0, 0.1) is 5.92 Å². The number of nitrogens with one attached hydrogen (secondary N) is 3. The molecule has 2 heterocycles. The predicted molar refractivity (Wildman–Crippen MR) is 126 cm³/mol. The first kappa shape index (κ1) is 23.9. The fourth-order valence-electron chi connectivity index (χ4n) is 3.75. The zero-order valence-electron chi connectivity index (χ0n) is 18.6. The number of H-pyrrole nitrogens is 1. The van der Waals surface area contributed by atoms with E-state index in [1.54, 1.807) is 12.3 Å². The molecular formula is C24H29N5O4. The zero-order chi connectivity index (χ0) is 23.6. The van der Waals surface area contributed by atoms with Crippen molar-refractivity contribution < 1.29 is 14.8 Å². The molecule has 0 aliphatic carbocycles. The number of hydroxylamine groups is 2. The molecular weight excluding hydrogens is 422 g/mol. The lowest BCUT2D eigenvalue weighted by Crippen LogP contribution is -2.40. The number of para-hydroxylation sites is 1. The molecule has 0 aliphatic heterocycles. The molecule has 9 heteroatoms. The van der Waals surface area contributed by atoms with E-state index in [1.807, 2.05) is 30.3 Å². The summed E-state index contributed by atoms with van der Waals surface area (Å²) >= 11 is 0. The van der Waals surface area contributed by atoms with E-state index in [9.17, 15) is 19.6 Å². The molecule has 3 rings (SSSR count). The number of aromatic nitrogens is 2. The standard InChI is InChI=1S/C24H29N5O4/c1-2-3-4-7-19(15-29(33)16-30)23(31)28-27-21-11-13-26-24(32)20(21)14-18-9-5-8-17-10-6-12-25-22(17)18/h5-6,8-13,16,19,33H,2-4,7,14-15H2,1H3,(H,28,31)(H2,26,27,32)/t19-/m1/s1.